The van der Waals surface area contributed by atoms with Crippen LogP contribution >= 0.6 is 0 Å². The van der Waals surface area contributed by atoms with Crippen LogP contribution < -0.4 is 11.1 Å². The first-order chi connectivity index (χ1) is 8.58. The summed E-state index contributed by atoms with van der Waals surface area (Å²) in [6.45, 7) is 2.72. The van der Waals surface area contributed by atoms with Gasteiger partial charge in [-0.25, -0.2) is 9.18 Å². The Morgan fingerprint density at radius 3 is 2.83 bits per heavy atom. The molecule has 0 saturated carbocycles. The molecule has 100 valence electrons. The zero-order chi connectivity index (χ0) is 13.5. The number of hydrogen-bond donors (Lipinski definition) is 2. The topological polar surface area (TPSA) is 58.4 Å². The van der Waals surface area contributed by atoms with Crippen LogP contribution in [-0.2, 0) is 6.54 Å². The molecule has 1 atom stereocenters. The molecule has 0 aliphatic carbocycles. The summed E-state index contributed by atoms with van der Waals surface area (Å²) in [5.74, 6) is -0.302. The Balaban J connectivity index is 2.50. The smallest absolute Gasteiger partial charge is 0.317 e. The van der Waals surface area contributed by atoms with Crippen molar-refractivity contribution in [2.24, 2.45) is 5.73 Å². The molecule has 1 rings (SSSR count). The monoisotopic (exact) mass is 253 g/mol. The summed E-state index contributed by atoms with van der Waals surface area (Å²) >= 11 is 0. The van der Waals surface area contributed by atoms with Crippen LogP contribution in [0.25, 0.3) is 0 Å². The lowest BCUT2D eigenvalue weighted by Gasteiger charge is -2.26. The predicted octanol–water partition coefficient (Wildman–Crippen LogP) is 1.70. The largest absolute Gasteiger partial charge is 0.334 e. The summed E-state index contributed by atoms with van der Waals surface area (Å²) in [4.78, 5) is 13.4. The number of nitrogens with one attached hydrogen (secondary N) is 1. The van der Waals surface area contributed by atoms with E-state index in [9.17, 15) is 9.18 Å². The maximum Gasteiger partial charge on any atom is 0.317 e. The fourth-order valence-corrected chi connectivity index (χ4v) is 1.71. The van der Waals surface area contributed by atoms with Gasteiger partial charge in [0.2, 0.25) is 0 Å². The Morgan fingerprint density at radius 2 is 2.28 bits per heavy atom. The molecule has 0 aliphatic heterocycles. The fraction of sp³-hybridized carbons (Fsp3) is 0.462. The van der Waals surface area contributed by atoms with Crippen LogP contribution in [0.5, 0.6) is 0 Å². The molecule has 1 aromatic carbocycles. The normalized spacial score (nSPS) is 12.0. The SMILES string of the molecule is CCC(CN)N(C)C(=O)NCc1cccc(F)c1. The minimum atomic E-state index is -0.302. The predicted molar refractivity (Wildman–Crippen MR) is 69.5 cm³/mol. The van der Waals surface area contributed by atoms with E-state index in [0.29, 0.717) is 13.1 Å². The number of rotatable bonds is 5. The van der Waals surface area contributed by atoms with E-state index in [0.717, 1.165) is 12.0 Å². The molecule has 5 heteroatoms. The maximum atomic E-state index is 12.9. The van der Waals surface area contributed by atoms with Crippen LogP contribution in [0.2, 0.25) is 0 Å². The molecule has 0 heterocycles. The van der Waals surface area contributed by atoms with Crippen molar-refractivity contribution < 1.29 is 9.18 Å². The number of nitrogens with zero attached hydrogens (tertiary/aromatic N) is 1. The summed E-state index contributed by atoms with van der Waals surface area (Å²) < 4.78 is 12.9. The zero-order valence-electron chi connectivity index (χ0n) is 10.8. The maximum absolute atomic E-state index is 12.9. The van der Waals surface area contributed by atoms with Crippen molar-refractivity contribution in [1.29, 1.82) is 0 Å². The number of urea groups is 1. The number of hydrogen-bond acceptors (Lipinski definition) is 2. The van der Waals surface area contributed by atoms with E-state index in [1.165, 1.54) is 12.1 Å². The van der Waals surface area contributed by atoms with Gasteiger partial charge in [0.1, 0.15) is 5.82 Å². The third kappa shape index (κ3) is 4.00. The van der Waals surface area contributed by atoms with Gasteiger partial charge < -0.3 is 16.0 Å². The van der Waals surface area contributed by atoms with E-state index in [1.54, 1.807) is 24.1 Å². The molecule has 1 unspecified atom stereocenters. The second-order valence-corrected chi connectivity index (χ2v) is 4.20. The van der Waals surface area contributed by atoms with Crippen molar-refractivity contribution >= 4 is 6.03 Å². The fourth-order valence-electron chi connectivity index (χ4n) is 1.71. The Hall–Kier alpha value is -1.62. The Bertz CT molecular complexity index is 394. The van der Waals surface area contributed by atoms with Gasteiger partial charge in [0.25, 0.3) is 0 Å². The van der Waals surface area contributed by atoms with E-state index in [1.807, 2.05) is 6.92 Å². The third-order valence-corrected chi connectivity index (χ3v) is 2.94. The number of nitrogens with two attached hydrogens (primary N) is 1. The van der Waals surface area contributed by atoms with E-state index in [4.69, 9.17) is 5.73 Å². The van der Waals surface area contributed by atoms with Crippen molar-refractivity contribution in [2.45, 2.75) is 25.9 Å². The minimum Gasteiger partial charge on any atom is -0.334 e. The van der Waals surface area contributed by atoms with Gasteiger partial charge in [-0.2, -0.15) is 0 Å². The van der Waals surface area contributed by atoms with Crippen LogP contribution in [0.4, 0.5) is 9.18 Å². The highest BCUT2D eigenvalue weighted by molar-refractivity contribution is 5.74. The number of amides is 2. The Labute approximate surface area is 107 Å². The van der Waals surface area contributed by atoms with Crippen molar-refractivity contribution in [2.75, 3.05) is 13.6 Å². The Kier molecular flexibility index (Phi) is 5.58. The van der Waals surface area contributed by atoms with Crippen molar-refractivity contribution in [3.8, 4) is 0 Å². The molecule has 0 saturated heterocycles. The first-order valence-electron chi connectivity index (χ1n) is 6.03. The molecule has 18 heavy (non-hydrogen) atoms. The summed E-state index contributed by atoms with van der Waals surface area (Å²) in [6, 6.07) is 5.99. The van der Waals surface area contributed by atoms with Gasteiger partial charge in [0.15, 0.2) is 0 Å². The highest BCUT2D eigenvalue weighted by Gasteiger charge is 2.16. The van der Waals surface area contributed by atoms with Gasteiger partial charge in [-0.05, 0) is 24.1 Å². The lowest BCUT2D eigenvalue weighted by atomic mass is 10.2. The second kappa shape index (κ2) is 6.96. The van der Waals surface area contributed by atoms with E-state index >= 15 is 0 Å². The van der Waals surface area contributed by atoms with Crippen LogP contribution in [0.15, 0.2) is 24.3 Å². The number of carbonyl (C=O) groups excluding carboxylic acids is 1. The molecule has 4 nitrogen and oxygen atoms in total. The van der Waals surface area contributed by atoms with Crippen molar-refractivity contribution in [3.63, 3.8) is 0 Å². The first kappa shape index (κ1) is 14.4. The van der Waals surface area contributed by atoms with Crippen LogP contribution in [0.1, 0.15) is 18.9 Å². The summed E-state index contributed by atoms with van der Waals surface area (Å²) in [6.07, 6.45) is 0.806. The van der Waals surface area contributed by atoms with Gasteiger partial charge in [-0.3, -0.25) is 0 Å². The molecule has 0 fully saturated rings. The molecule has 2 amide bonds. The van der Waals surface area contributed by atoms with E-state index < -0.39 is 0 Å². The lowest BCUT2D eigenvalue weighted by Crippen LogP contribution is -2.46. The number of likely N-dealkylation sites (N-methyl/N-ethyl adjacent to an activating group) is 1. The third-order valence-electron chi connectivity index (χ3n) is 2.94. The molecule has 0 spiro atoms. The van der Waals surface area contributed by atoms with E-state index in [2.05, 4.69) is 5.32 Å². The molecule has 3 N–H and O–H groups in total. The lowest BCUT2D eigenvalue weighted by molar-refractivity contribution is 0.189. The number of carbonyl (C=O) groups is 1. The summed E-state index contributed by atoms with van der Waals surface area (Å²) in [5.41, 5.74) is 6.31. The molecule has 0 aliphatic rings. The number of halogens is 1. The van der Waals surface area contributed by atoms with Crippen molar-refractivity contribution in [1.82, 2.24) is 10.2 Å². The van der Waals surface area contributed by atoms with Crippen LogP contribution in [0, 0.1) is 5.82 Å². The van der Waals surface area contributed by atoms with Crippen LogP contribution in [0.3, 0.4) is 0 Å². The average molecular weight is 253 g/mol. The van der Waals surface area contributed by atoms with Gasteiger partial charge in [-0.15, -0.1) is 0 Å². The summed E-state index contributed by atoms with van der Waals surface area (Å²) in [5, 5.41) is 2.74. The van der Waals surface area contributed by atoms with Crippen LogP contribution in [-0.4, -0.2) is 30.6 Å². The molecule has 1 aromatic rings. The second-order valence-electron chi connectivity index (χ2n) is 4.20. The Morgan fingerprint density at radius 1 is 1.56 bits per heavy atom. The number of benzene rings is 1. The molecule has 0 bridgehead atoms. The molecular formula is C13H20FN3O. The average Bonchev–Trinajstić information content (AvgIpc) is 2.37. The first-order valence-corrected chi connectivity index (χ1v) is 6.03. The van der Waals surface area contributed by atoms with Gasteiger partial charge >= 0.3 is 6.03 Å². The highest BCUT2D eigenvalue weighted by Crippen LogP contribution is 2.04. The zero-order valence-corrected chi connectivity index (χ0v) is 10.8. The highest BCUT2D eigenvalue weighted by atomic mass is 19.1. The van der Waals surface area contributed by atoms with E-state index in [-0.39, 0.29) is 17.9 Å². The minimum absolute atomic E-state index is 0.0255. The standard InChI is InChI=1S/C13H20FN3O/c1-3-12(8-15)17(2)13(18)16-9-10-5-4-6-11(14)7-10/h4-7,12H,3,8-9,15H2,1-2H3,(H,16,18). The van der Waals surface area contributed by atoms with Gasteiger partial charge in [0, 0.05) is 26.2 Å². The quantitative estimate of drug-likeness (QED) is 0.839. The summed E-state index contributed by atoms with van der Waals surface area (Å²) in [7, 11) is 1.71. The molecule has 0 aromatic heterocycles. The molecular weight excluding hydrogens is 233 g/mol. The van der Waals surface area contributed by atoms with Crippen molar-refractivity contribution in [3.05, 3.63) is 35.6 Å². The van der Waals surface area contributed by atoms with Gasteiger partial charge in [0.05, 0.1) is 0 Å². The van der Waals surface area contributed by atoms with Gasteiger partial charge in [-0.1, -0.05) is 19.1 Å². The molecule has 0 radical (unpaired) electrons.